The first-order valence-corrected chi connectivity index (χ1v) is 8.21. The molecule has 0 aromatic heterocycles. The fourth-order valence-corrected chi connectivity index (χ4v) is 2.71. The highest BCUT2D eigenvalue weighted by Gasteiger charge is 2.10. The quantitative estimate of drug-likeness (QED) is 0.675. The number of hydrogen-bond donors (Lipinski definition) is 2. The highest BCUT2D eigenvalue weighted by Crippen LogP contribution is 2.25. The lowest BCUT2D eigenvalue weighted by Gasteiger charge is -2.16. The summed E-state index contributed by atoms with van der Waals surface area (Å²) in [4.78, 5) is 12.0. The number of amides is 1. The van der Waals surface area contributed by atoms with Gasteiger partial charge in [-0.05, 0) is 46.5 Å². The summed E-state index contributed by atoms with van der Waals surface area (Å²) < 4.78 is 6.10. The third kappa shape index (κ3) is 7.47. The average molecular weight is 394 g/mol. The van der Waals surface area contributed by atoms with E-state index in [4.69, 9.17) is 10.5 Å². The monoisotopic (exact) mass is 392 g/mol. The predicted octanol–water partition coefficient (Wildman–Crippen LogP) is 3.45. The van der Waals surface area contributed by atoms with Crippen LogP contribution in [0, 0.1) is 0 Å². The standard InChI is InChI=1S/C16H25BrN2O2.ClH/c1-3-4-5-13(11-18)19-16(20)9-7-12-6-8-15(21-2)14(17)10-12;/h6,8,10,13H,3-5,7,9,11,18H2,1-2H3,(H,19,20);1H. The van der Waals surface area contributed by atoms with Crippen LogP contribution < -0.4 is 15.8 Å². The first kappa shape index (κ1) is 21.2. The van der Waals surface area contributed by atoms with Crippen molar-refractivity contribution in [2.24, 2.45) is 5.73 Å². The van der Waals surface area contributed by atoms with Crippen LogP contribution in [0.1, 0.15) is 38.2 Å². The zero-order valence-corrected chi connectivity index (χ0v) is 15.6. The summed E-state index contributed by atoms with van der Waals surface area (Å²) in [5, 5.41) is 3.01. The van der Waals surface area contributed by atoms with Gasteiger partial charge in [0.25, 0.3) is 0 Å². The minimum absolute atomic E-state index is 0. The molecule has 3 N–H and O–H groups in total. The van der Waals surface area contributed by atoms with E-state index < -0.39 is 0 Å². The van der Waals surface area contributed by atoms with Crippen LogP contribution in [0.3, 0.4) is 0 Å². The van der Waals surface area contributed by atoms with Crippen LogP contribution in [0.5, 0.6) is 5.75 Å². The van der Waals surface area contributed by atoms with Crippen molar-refractivity contribution >= 4 is 34.2 Å². The van der Waals surface area contributed by atoms with Crippen molar-refractivity contribution in [3.05, 3.63) is 28.2 Å². The Hall–Kier alpha value is -0.780. The molecular weight excluding hydrogens is 368 g/mol. The van der Waals surface area contributed by atoms with Crippen molar-refractivity contribution in [3.63, 3.8) is 0 Å². The SMILES string of the molecule is CCCCC(CN)NC(=O)CCc1ccc(OC)c(Br)c1.Cl. The van der Waals surface area contributed by atoms with Crippen LogP contribution >= 0.6 is 28.3 Å². The van der Waals surface area contributed by atoms with Crippen molar-refractivity contribution in [1.82, 2.24) is 5.32 Å². The Morgan fingerprint density at radius 1 is 1.45 bits per heavy atom. The molecular formula is C16H26BrClN2O2. The second-order valence-electron chi connectivity index (χ2n) is 5.11. The Kier molecular flexibility index (Phi) is 11.3. The molecule has 0 radical (unpaired) electrons. The molecule has 0 aliphatic heterocycles. The first-order valence-electron chi connectivity index (χ1n) is 7.42. The fraction of sp³-hybridized carbons (Fsp3) is 0.562. The van der Waals surface area contributed by atoms with Gasteiger partial charge in [0.05, 0.1) is 11.6 Å². The molecule has 0 spiro atoms. The van der Waals surface area contributed by atoms with E-state index in [1.807, 2.05) is 18.2 Å². The Bertz CT molecular complexity index is 458. The second kappa shape index (κ2) is 11.7. The van der Waals surface area contributed by atoms with Crippen molar-refractivity contribution in [2.75, 3.05) is 13.7 Å². The topological polar surface area (TPSA) is 64.3 Å². The normalized spacial score (nSPS) is 11.5. The van der Waals surface area contributed by atoms with Gasteiger partial charge in [0.15, 0.2) is 0 Å². The lowest BCUT2D eigenvalue weighted by Crippen LogP contribution is -2.40. The first-order chi connectivity index (χ1) is 10.1. The highest BCUT2D eigenvalue weighted by molar-refractivity contribution is 9.10. The number of rotatable bonds is 9. The molecule has 0 heterocycles. The van der Waals surface area contributed by atoms with Gasteiger partial charge in [-0.2, -0.15) is 0 Å². The summed E-state index contributed by atoms with van der Waals surface area (Å²) in [6.45, 7) is 2.64. The second-order valence-corrected chi connectivity index (χ2v) is 5.97. The molecule has 1 amide bonds. The van der Waals surface area contributed by atoms with E-state index in [0.29, 0.717) is 19.4 Å². The van der Waals surface area contributed by atoms with Crippen LogP contribution in [0.25, 0.3) is 0 Å². The van der Waals surface area contributed by atoms with Gasteiger partial charge in [0.1, 0.15) is 5.75 Å². The lowest BCUT2D eigenvalue weighted by molar-refractivity contribution is -0.121. The minimum Gasteiger partial charge on any atom is -0.496 e. The van der Waals surface area contributed by atoms with Crippen molar-refractivity contribution in [1.29, 1.82) is 0 Å². The maximum absolute atomic E-state index is 12.0. The van der Waals surface area contributed by atoms with Crippen LogP contribution in [0.2, 0.25) is 0 Å². The van der Waals surface area contributed by atoms with Gasteiger partial charge in [-0.15, -0.1) is 12.4 Å². The zero-order chi connectivity index (χ0) is 15.7. The van der Waals surface area contributed by atoms with E-state index >= 15 is 0 Å². The lowest BCUT2D eigenvalue weighted by atomic mass is 10.1. The minimum atomic E-state index is 0. The van der Waals surface area contributed by atoms with Crippen LogP contribution in [-0.2, 0) is 11.2 Å². The number of benzene rings is 1. The maximum atomic E-state index is 12.0. The number of carbonyl (C=O) groups is 1. The smallest absolute Gasteiger partial charge is 0.220 e. The number of halogens is 2. The molecule has 6 heteroatoms. The van der Waals surface area contributed by atoms with E-state index in [0.717, 1.165) is 35.0 Å². The molecule has 4 nitrogen and oxygen atoms in total. The summed E-state index contributed by atoms with van der Waals surface area (Å²) in [5.41, 5.74) is 6.79. The molecule has 0 aliphatic rings. The largest absolute Gasteiger partial charge is 0.496 e. The number of aryl methyl sites for hydroxylation is 1. The van der Waals surface area contributed by atoms with Crippen LogP contribution in [0.15, 0.2) is 22.7 Å². The predicted molar refractivity (Wildman–Crippen MR) is 96.8 cm³/mol. The van der Waals surface area contributed by atoms with Crippen molar-refractivity contribution in [3.8, 4) is 5.75 Å². The van der Waals surface area contributed by atoms with Gasteiger partial charge in [0.2, 0.25) is 5.91 Å². The van der Waals surface area contributed by atoms with Crippen LogP contribution in [-0.4, -0.2) is 25.6 Å². The van der Waals surface area contributed by atoms with Gasteiger partial charge in [-0.1, -0.05) is 25.8 Å². The number of ether oxygens (including phenoxy) is 1. The molecule has 1 aromatic rings. The number of nitrogens with two attached hydrogens (primary N) is 1. The third-order valence-electron chi connectivity index (χ3n) is 3.41. The van der Waals surface area contributed by atoms with Crippen LogP contribution in [0.4, 0.5) is 0 Å². The number of hydrogen-bond acceptors (Lipinski definition) is 3. The Balaban J connectivity index is 0.00000441. The highest BCUT2D eigenvalue weighted by atomic mass is 79.9. The summed E-state index contributed by atoms with van der Waals surface area (Å²) in [5.74, 6) is 0.861. The summed E-state index contributed by atoms with van der Waals surface area (Å²) >= 11 is 3.45. The van der Waals surface area contributed by atoms with Gasteiger partial charge in [-0.3, -0.25) is 4.79 Å². The zero-order valence-electron chi connectivity index (χ0n) is 13.2. The Labute approximate surface area is 147 Å². The van der Waals surface area contributed by atoms with Gasteiger partial charge < -0.3 is 15.8 Å². The molecule has 0 aliphatic carbocycles. The molecule has 1 rings (SSSR count). The Morgan fingerprint density at radius 3 is 2.73 bits per heavy atom. The number of unbranched alkanes of at least 4 members (excludes halogenated alkanes) is 1. The van der Waals surface area contributed by atoms with Gasteiger partial charge in [-0.25, -0.2) is 0 Å². The average Bonchev–Trinajstić information content (AvgIpc) is 2.49. The molecule has 1 aromatic carbocycles. The van der Waals surface area contributed by atoms with Crippen molar-refractivity contribution < 1.29 is 9.53 Å². The molecule has 22 heavy (non-hydrogen) atoms. The summed E-state index contributed by atoms with van der Waals surface area (Å²) in [6.07, 6.45) is 4.34. The van der Waals surface area contributed by atoms with E-state index in [2.05, 4.69) is 28.2 Å². The molecule has 1 unspecified atom stereocenters. The summed E-state index contributed by atoms with van der Waals surface area (Å²) in [6, 6.07) is 5.97. The van der Waals surface area contributed by atoms with E-state index in [1.54, 1.807) is 7.11 Å². The Morgan fingerprint density at radius 2 is 2.18 bits per heavy atom. The molecule has 126 valence electrons. The van der Waals surface area contributed by atoms with Crippen molar-refractivity contribution in [2.45, 2.75) is 45.1 Å². The molecule has 1 atom stereocenters. The maximum Gasteiger partial charge on any atom is 0.220 e. The number of carbonyl (C=O) groups excluding carboxylic acids is 1. The van der Waals surface area contributed by atoms with E-state index in [9.17, 15) is 4.79 Å². The van der Waals surface area contributed by atoms with Gasteiger partial charge >= 0.3 is 0 Å². The molecule has 0 saturated heterocycles. The molecule has 0 bridgehead atoms. The summed E-state index contributed by atoms with van der Waals surface area (Å²) in [7, 11) is 1.64. The molecule has 0 fully saturated rings. The van der Waals surface area contributed by atoms with E-state index in [-0.39, 0.29) is 24.4 Å². The molecule has 0 saturated carbocycles. The third-order valence-corrected chi connectivity index (χ3v) is 4.03. The fourth-order valence-electron chi connectivity index (χ4n) is 2.12. The van der Waals surface area contributed by atoms with Gasteiger partial charge in [0, 0.05) is 19.0 Å². The number of methoxy groups -OCH3 is 1. The van der Waals surface area contributed by atoms with E-state index in [1.165, 1.54) is 0 Å². The number of nitrogens with one attached hydrogen (secondary N) is 1.